The Hall–Kier alpha value is -1.77. The third-order valence-corrected chi connectivity index (χ3v) is 4.35. The Kier molecular flexibility index (Phi) is 3.52. The smallest absolute Gasteiger partial charge is 0.195 e. The molecule has 3 rings (SSSR count). The first-order chi connectivity index (χ1) is 9.99. The van der Waals surface area contributed by atoms with Crippen molar-refractivity contribution in [3.63, 3.8) is 0 Å². The molecule has 0 spiro atoms. The fourth-order valence-corrected chi connectivity index (χ4v) is 2.88. The van der Waals surface area contributed by atoms with Crippen molar-refractivity contribution in [3.8, 4) is 0 Å². The first kappa shape index (κ1) is 14.2. The number of carbonyl (C=O) groups is 1. The van der Waals surface area contributed by atoms with Gasteiger partial charge in [0.15, 0.2) is 5.78 Å². The lowest BCUT2D eigenvalue weighted by Crippen LogP contribution is -2.03. The minimum Gasteiger partial charge on any atom is -0.350 e. The quantitative estimate of drug-likeness (QED) is 0.608. The minimum absolute atomic E-state index is 0.0251. The highest BCUT2D eigenvalue weighted by molar-refractivity contribution is 6.32. The standard InChI is InChI=1S/C17H13Cl2NO/c1-10-12(4-3-5-15(10)19)17(21)14-9-20(2)16-8-11(18)6-7-13(14)16/h3-9H,1-2H3. The lowest BCUT2D eigenvalue weighted by Gasteiger charge is -2.05. The number of aryl methyl sites for hydroxylation is 1. The molecule has 0 N–H and O–H groups in total. The van der Waals surface area contributed by atoms with E-state index in [1.165, 1.54) is 0 Å². The largest absolute Gasteiger partial charge is 0.350 e. The van der Waals surface area contributed by atoms with E-state index in [2.05, 4.69) is 0 Å². The minimum atomic E-state index is -0.0251. The van der Waals surface area contributed by atoms with Crippen LogP contribution in [0, 0.1) is 6.92 Å². The molecule has 2 aromatic carbocycles. The summed E-state index contributed by atoms with van der Waals surface area (Å²) >= 11 is 12.1. The molecule has 0 bridgehead atoms. The van der Waals surface area contributed by atoms with Crippen LogP contribution in [0.2, 0.25) is 10.0 Å². The Balaban J connectivity index is 2.21. The molecular weight excluding hydrogens is 305 g/mol. The molecule has 0 radical (unpaired) electrons. The van der Waals surface area contributed by atoms with Gasteiger partial charge in [0.05, 0.1) is 0 Å². The third kappa shape index (κ3) is 2.35. The Bertz CT molecular complexity index is 865. The van der Waals surface area contributed by atoms with Crippen LogP contribution >= 0.6 is 23.2 Å². The molecule has 21 heavy (non-hydrogen) atoms. The first-order valence-corrected chi connectivity index (χ1v) is 7.29. The molecule has 0 saturated carbocycles. The van der Waals surface area contributed by atoms with Crippen LogP contribution in [0.1, 0.15) is 21.5 Å². The Labute approximate surface area is 132 Å². The molecule has 0 aliphatic rings. The maximum atomic E-state index is 12.8. The summed E-state index contributed by atoms with van der Waals surface area (Å²) in [7, 11) is 1.90. The predicted molar refractivity (Wildman–Crippen MR) is 87.6 cm³/mol. The van der Waals surface area contributed by atoms with Gasteiger partial charge < -0.3 is 4.57 Å². The van der Waals surface area contributed by atoms with Gasteiger partial charge in [-0.05, 0) is 30.7 Å². The molecule has 1 aromatic heterocycles. The van der Waals surface area contributed by atoms with Crippen molar-refractivity contribution in [2.45, 2.75) is 6.92 Å². The van der Waals surface area contributed by atoms with E-state index in [1.807, 2.05) is 36.9 Å². The van der Waals surface area contributed by atoms with Gasteiger partial charge in [-0.3, -0.25) is 4.79 Å². The zero-order chi connectivity index (χ0) is 15.1. The van der Waals surface area contributed by atoms with Crippen molar-refractivity contribution in [1.82, 2.24) is 4.57 Å². The number of halogens is 2. The highest BCUT2D eigenvalue weighted by Crippen LogP contribution is 2.28. The van der Waals surface area contributed by atoms with Gasteiger partial charge in [0.25, 0.3) is 0 Å². The van der Waals surface area contributed by atoms with Crippen molar-refractivity contribution >= 4 is 39.9 Å². The van der Waals surface area contributed by atoms with E-state index in [9.17, 15) is 4.79 Å². The van der Waals surface area contributed by atoms with E-state index in [0.29, 0.717) is 21.2 Å². The lowest BCUT2D eigenvalue weighted by atomic mass is 9.99. The van der Waals surface area contributed by atoms with Crippen molar-refractivity contribution < 1.29 is 4.79 Å². The number of ketones is 1. The molecule has 0 unspecified atom stereocenters. The Morgan fingerprint density at radius 3 is 2.62 bits per heavy atom. The lowest BCUT2D eigenvalue weighted by molar-refractivity contribution is 0.103. The highest BCUT2D eigenvalue weighted by Gasteiger charge is 2.18. The number of fused-ring (bicyclic) bond motifs is 1. The topological polar surface area (TPSA) is 22.0 Å². The molecule has 1 heterocycles. The van der Waals surface area contributed by atoms with E-state index in [-0.39, 0.29) is 5.78 Å². The first-order valence-electron chi connectivity index (χ1n) is 6.53. The van der Waals surface area contributed by atoms with Gasteiger partial charge in [-0.1, -0.05) is 41.4 Å². The molecule has 2 nitrogen and oxygen atoms in total. The predicted octanol–water partition coefficient (Wildman–Crippen LogP) is 5.02. The van der Waals surface area contributed by atoms with Gasteiger partial charge in [-0.25, -0.2) is 0 Å². The number of aromatic nitrogens is 1. The highest BCUT2D eigenvalue weighted by atomic mass is 35.5. The van der Waals surface area contributed by atoms with E-state index in [0.717, 1.165) is 16.5 Å². The van der Waals surface area contributed by atoms with Crippen LogP contribution in [0.15, 0.2) is 42.6 Å². The average Bonchev–Trinajstić information content (AvgIpc) is 2.78. The van der Waals surface area contributed by atoms with Crippen LogP contribution in [-0.2, 0) is 7.05 Å². The number of rotatable bonds is 2. The summed E-state index contributed by atoms with van der Waals surface area (Å²) in [5.74, 6) is -0.0251. The number of hydrogen-bond acceptors (Lipinski definition) is 1. The fourth-order valence-electron chi connectivity index (χ4n) is 2.54. The molecule has 0 saturated heterocycles. The van der Waals surface area contributed by atoms with Gasteiger partial charge >= 0.3 is 0 Å². The van der Waals surface area contributed by atoms with Crippen LogP contribution in [0.5, 0.6) is 0 Å². The molecular formula is C17H13Cl2NO. The second-order valence-corrected chi connectivity index (χ2v) is 5.90. The zero-order valence-corrected chi connectivity index (χ0v) is 13.2. The maximum absolute atomic E-state index is 12.8. The monoisotopic (exact) mass is 317 g/mol. The number of nitrogens with zero attached hydrogens (tertiary/aromatic N) is 1. The van der Waals surface area contributed by atoms with Gasteiger partial charge in [0.2, 0.25) is 0 Å². The van der Waals surface area contributed by atoms with Crippen molar-refractivity contribution in [1.29, 1.82) is 0 Å². The van der Waals surface area contributed by atoms with Crippen LogP contribution in [0.3, 0.4) is 0 Å². The van der Waals surface area contributed by atoms with Gasteiger partial charge in [0.1, 0.15) is 0 Å². The van der Waals surface area contributed by atoms with Crippen LogP contribution in [0.4, 0.5) is 0 Å². The number of benzene rings is 2. The van der Waals surface area contributed by atoms with E-state index < -0.39 is 0 Å². The van der Waals surface area contributed by atoms with E-state index >= 15 is 0 Å². The summed E-state index contributed by atoms with van der Waals surface area (Å²) in [5, 5.41) is 2.15. The third-order valence-electron chi connectivity index (χ3n) is 3.71. The molecule has 0 aliphatic carbocycles. The summed E-state index contributed by atoms with van der Waals surface area (Å²) < 4.78 is 1.91. The van der Waals surface area contributed by atoms with Gasteiger partial charge in [-0.15, -0.1) is 0 Å². The van der Waals surface area contributed by atoms with Crippen molar-refractivity contribution in [2.24, 2.45) is 7.05 Å². The van der Waals surface area contributed by atoms with E-state index in [1.54, 1.807) is 24.3 Å². The Morgan fingerprint density at radius 2 is 1.86 bits per heavy atom. The summed E-state index contributed by atoms with van der Waals surface area (Å²) in [6.45, 7) is 1.86. The summed E-state index contributed by atoms with van der Waals surface area (Å²) in [6.07, 6.45) is 1.84. The molecule has 0 aliphatic heterocycles. The molecule has 0 fully saturated rings. The maximum Gasteiger partial charge on any atom is 0.195 e. The molecule has 0 atom stereocenters. The zero-order valence-electron chi connectivity index (χ0n) is 11.7. The normalized spacial score (nSPS) is 11.0. The molecule has 3 aromatic rings. The Morgan fingerprint density at radius 1 is 1.10 bits per heavy atom. The average molecular weight is 318 g/mol. The summed E-state index contributed by atoms with van der Waals surface area (Å²) in [6, 6.07) is 10.9. The van der Waals surface area contributed by atoms with Crippen LogP contribution in [0.25, 0.3) is 10.9 Å². The van der Waals surface area contributed by atoms with Gasteiger partial charge in [0, 0.05) is 45.3 Å². The number of carbonyl (C=O) groups excluding carboxylic acids is 1. The van der Waals surface area contributed by atoms with Crippen LogP contribution in [-0.4, -0.2) is 10.4 Å². The summed E-state index contributed by atoms with van der Waals surface area (Å²) in [4.78, 5) is 12.8. The van der Waals surface area contributed by atoms with Crippen molar-refractivity contribution in [3.05, 3.63) is 69.3 Å². The fraction of sp³-hybridized carbons (Fsp3) is 0.118. The molecule has 0 amide bonds. The van der Waals surface area contributed by atoms with E-state index in [4.69, 9.17) is 23.2 Å². The second kappa shape index (κ2) is 5.21. The molecule has 4 heteroatoms. The molecule has 106 valence electrons. The SMILES string of the molecule is Cc1c(Cl)cccc1C(=O)c1cn(C)c2cc(Cl)ccc12. The number of hydrogen-bond donors (Lipinski definition) is 0. The second-order valence-electron chi connectivity index (χ2n) is 5.06. The summed E-state index contributed by atoms with van der Waals surface area (Å²) in [5.41, 5.74) is 3.03. The van der Waals surface area contributed by atoms with Gasteiger partial charge in [-0.2, -0.15) is 0 Å². The van der Waals surface area contributed by atoms with Crippen molar-refractivity contribution in [2.75, 3.05) is 0 Å². The van der Waals surface area contributed by atoms with Crippen LogP contribution < -0.4 is 0 Å².